The smallest absolute Gasteiger partial charge is 0.243 e. The predicted molar refractivity (Wildman–Crippen MR) is 218 cm³/mol. The van der Waals surface area contributed by atoms with E-state index in [0.717, 1.165) is 57.4 Å². The Balaban J connectivity index is 1.51. The van der Waals surface area contributed by atoms with Crippen LogP contribution >= 0.6 is 0 Å². The van der Waals surface area contributed by atoms with Crippen molar-refractivity contribution in [1.29, 1.82) is 0 Å². The van der Waals surface area contributed by atoms with Gasteiger partial charge >= 0.3 is 0 Å². The molecule has 0 heterocycles. The summed E-state index contributed by atoms with van der Waals surface area (Å²) in [4.78, 5) is 17.3. The van der Waals surface area contributed by atoms with Gasteiger partial charge in [0.1, 0.15) is 48.3 Å². The Bertz CT molecular complexity index is 1510. The fourth-order valence-electron chi connectivity index (χ4n) is 5.82. The van der Waals surface area contributed by atoms with Gasteiger partial charge in [-0.1, -0.05) is 88.8 Å². The molecule has 0 bridgehead atoms. The molecule has 0 aliphatic carbocycles. The van der Waals surface area contributed by atoms with E-state index in [2.05, 4.69) is 38.1 Å². The third-order valence-electron chi connectivity index (χ3n) is 9.23. The number of aliphatic hydroxyl groups excluding tert-OH is 5. The summed E-state index contributed by atoms with van der Waals surface area (Å²) < 4.78 is 29.5. The first kappa shape index (κ1) is 47.6. The van der Waals surface area contributed by atoms with Crippen LogP contribution in [0.5, 0.6) is 17.2 Å². The summed E-state index contributed by atoms with van der Waals surface area (Å²) in [5.74, 6) is 1.87. The summed E-state index contributed by atoms with van der Waals surface area (Å²) in [6.07, 6.45) is 2.33. The van der Waals surface area contributed by atoms with Crippen molar-refractivity contribution in [1.82, 2.24) is 5.06 Å². The number of carbonyl (C=O) groups excluding carboxylic acids is 1. The molecule has 0 saturated heterocycles. The van der Waals surface area contributed by atoms with E-state index in [0.29, 0.717) is 26.4 Å². The molecule has 13 nitrogen and oxygen atoms in total. The van der Waals surface area contributed by atoms with E-state index in [1.54, 1.807) is 0 Å². The van der Waals surface area contributed by atoms with E-state index < -0.39 is 43.5 Å². The summed E-state index contributed by atoms with van der Waals surface area (Å²) >= 11 is 0. The van der Waals surface area contributed by atoms with Gasteiger partial charge in [-0.3, -0.25) is 9.63 Å². The molecule has 0 fully saturated rings. The number of ether oxygens (including phenoxy) is 5. The molecule has 0 saturated carbocycles. The first-order chi connectivity index (χ1) is 27.7. The summed E-state index contributed by atoms with van der Waals surface area (Å²) in [5.41, 5.74) is 4.01. The average molecular weight is 800 g/mol. The SMILES string of the molecule is CCCCCCOc1ccc(-c2ccc(-c3ccc(OCCCCCC)cc3)c(OCCOCCOCCON(C[C@H](O)[C@@H](O)[C@H](O)[C@H](O)CO)C(C)=O)c2)cc1. The molecule has 5 N–H and O–H groups in total. The van der Waals surface area contributed by atoms with Gasteiger partial charge in [0.05, 0.1) is 59.4 Å². The second-order valence-corrected chi connectivity index (χ2v) is 13.9. The highest BCUT2D eigenvalue weighted by molar-refractivity contribution is 5.77. The number of nitrogens with zero attached hydrogens (tertiary/aromatic N) is 1. The molecule has 0 aromatic heterocycles. The molecule has 1 amide bonds. The lowest BCUT2D eigenvalue weighted by atomic mass is 9.99. The molecule has 0 unspecified atom stereocenters. The van der Waals surface area contributed by atoms with Crippen molar-refractivity contribution in [3.05, 3.63) is 66.7 Å². The Kier molecular flexibility index (Phi) is 23.2. The number of benzene rings is 3. The van der Waals surface area contributed by atoms with Crippen LogP contribution in [0.15, 0.2) is 66.7 Å². The molecule has 3 rings (SSSR count). The normalized spacial score (nSPS) is 13.5. The van der Waals surface area contributed by atoms with Crippen molar-refractivity contribution < 1.29 is 58.8 Å². The molecule has 0 spiro atoms. The second-order valence-electron chi connectivity index (χ2n) is 13.9. The van der Waals surface area contributed by atoms with E-state index >= 15 is 0 Å². The third kappa shape index (κ3) is 17.7. The zero-order valence-corrected chi connectivity index (χ0v) is 33.9. The first-order valence-electron chi connectivity index (χ1n) is 20.3. The number of amides is 1. The van der Waals surface area contributed by atoms with Gasteiger partial charge in [-0.05, 0) is 59.9 Å². The first-order valence-corrected chi connectivity index (χ1v) is 20.3. The van der Waals surface area contributed by atoms with E-state index in [1.165, 1.54) is 45.4 Å². The van der Waals surface area contributed by atoms with Crippen LogP contribution in [0.1, 0.15) is 72.1 Å². The maximum absolute atomic E-state index is 11.9. The van der Waals surface area contributed by atoms with Crippen LogP contribution in [0.2, 0.25) is 0 Å². The topological polar surface area (TPSA) is 177 Å². The highest BCUT2D eigenvalue weighted by Gasteiger charge is 2.32. The molecule has 3 aromatic rings. The molecule has 0 radical (unpaired) electrons. The molecule has 0 aliphatic rings. The van der Waals surface area contributed by atoms with Gasteiger partial charge in [-0.2, -0.15) is 0 Å². The van der Waals surface area contributed by atoms with Crippen molar-refractivity contribution in [2.75, 3.05) is 66.0 Å². The number of hydroxylamine groups is 2. The predicted octanol–water partition coefficient (Wildman–Crippen LogP) is 5.57. The summed E-state index contributed by atoms with van der Waals surface area (Å²) in [5, 5.41) is 49.3. The van der Waals surface area contributed by atoms with Gasteiger partial charge in [0, 0.05) is 12.5 Å². The Hall–Kier alpha value is -3.79. The molecule has 57 heavy (non-hydrogen) atoms. The minimum Gasteiger partial charge on any atom is -0.494 e. The lowest BCUT2D eigenvalue weighted by molar-refractivity contribution is -0.204. The average Bonchev–Trinajstić information content (AvgIpc) is 3.23. The van der Waals surface area contributed by atoms with Crippen LogP contribution in [0.4, 0.5) is 0 Å². The van der Waals surface area contributed by atoms with Crippen LogP contribution in [0.25, 0.3) is 22.3 Å². The van der Waals surface area contributed by atoms with Crippen LogP contribution < -0.4 is 14.2 Å². The number of carbonyl (C=O) groups is 1. The van der Waals surface area contributed by atoms with E-state index in [-0.39, 0.29) is 26.4 Å². The molecule has 318 valence electrons. The van der Waals surface area contributed by atoms with E-state index in [4.69, 9.17) is 33.6 Å². The number of rotatable bonds is 31. The number of aliphatic hydroxyl groups is 5. The van der Waals surface area contributed by atoms with Crippen molar-refractivity contribution in [2.24, 2.45) is 0 Å². The Morgan fingerprint density at radius 3 is 1.63 bits per heavy atom. The van der Waals surface area contributed by atoms with E-state index in [1.807, 2.05) is 42.5 Å². The number of hydrogen-bond acceptors (Lipinski definition) is 12. The monoisotopic (exact) mass is 799 g/mol. The lowest BCUT2D eigenvalue weighted by Crippen LogP contribution is -2.50. The van der Waals surface area contributed by atoms with Crippen LogP contribution in [-0.2, 0) is 19.1 Å². The van der Waals surface area contributed by atoms with Crippen LogP contribution in [-0.4, -0.2) is 127 Å². The van der Waals surface area contributed by atoms with Gasteiger partial charge in [0.2, 0.25) is 5.91 Å². The highest BCUT2D eigenvalue weighted by Crippen LogP contribution is 2.35. The molecule has 3 aromatic carbocycles. The quantitative estimate of drug-likeness (QED) is 0.0405. The van der Waals surface area contributed by atoms with Gasteiger partial charge < -0.3 is 49.2 Å². The molecular formula is C44H65NO12. The minimum absolute atomic E-state index is 0.0344. The zero-order valence-electron chi connectivity index (χ0n) is 33.9. The van der Waals surface area contributed by atoms with Crippen LogP contribution in [0, 0.1) is 0 Å². The van der Waals surface area contributed by atoms with Crippen molar-refractivity contribution in [3.8, 4) is 39.5 Å². The molecule has 13 heteroatoms. The highest BCUT2D eigenvalue weighted by atomic mass is 16.7. The van der Waals surface area contributed by atoms with Gasteiger partial charge in [0.15, 0.2) is 0 Å². The Labute approximate surface area is 338 Å². The second kappa shape index (κ2) is 27.8. The summed E-state index contributed by atoms with van der Waals surface area (Å²) in [6.45, 7) is 6.96. The number of hydrogen-bond donors (Lipinski definition) is 5. The van der Waals surface area contributed by atoms with Crippen molar-refractivity contribution in [2.45, 2.75) is 96.6 Å². The van der Waals surface area contributed by atoms with Gasteiger partial charge in [-0.25, -0.2) is 5.06 Å². The molecule has 4 atom stereocenters. The molecular weight excluding hydrogens is 734 g/mol. The standard InChI is InChI=1S/C44H65NO12/c1-4-6-8-10-22-54-37-17-12-34(13-18-37)36-16-21-39(35-14-19-38(20-15-35)55-23-11-9-7-5-2)42(30-36)56-28-26-52-24-25-53-27-29-57-45(33(3)47)31-40(48)43(50)44(51)41(49)32-46/h12-21,30,40-41,43-44,46,48-51H,4-11,22-29,31-32H2,1-3H3/t40-,41+,43+,44+/m0/s1. The van der Waals surface area contributed by atoms with Gasteiger partial charge in [-0.15, -0.1) is 0 Å². The Morgan fingerprint density at radius 2 is 1.09 bits per heavy atom. The van der Waals surface area contributed by atoms with Gasteiger partial charge in [0.25, 0.3) is 0 Å². The van der Waals surface area contributed by atoms with E-state index in [9.17, 15) is 25.2 Å². The van der Waals surface area contributed by atoms with Crippen LogP contribution in [0.3, 0.4) is 0 Å². The Morgan fingerprint density at radius 1 is 0.579 bits per heavy atom. The zero-order chi connectivity index (χ0) is 41.3. The van der Waals surface area contributed by atoms with Crippen molar-refractivity contribution >= 4 is 5.91 Å². The maximum atomic E-state index is 11.9. The third-order valence-corrected chi connectivity index (χ3v) is 9.23. The fraction of sp³-hybridized carbons (Fsp3) is 0.568. The maximum Gasteiger partial charge on any atom is 0.243 e. The fourth-order valence-corrected chi connectivity index (χ4v) is 5.82. The largest absolute Gasteiger partial charge is 0.494 e. The summed E-state index contributed by atoms with van der Waals surface area (Å²) in [7, 11) is 0. The molecule has 0 aliphatic heterocycles. The number of unbranched alkanes of at least 4 members (excludes halogenated alkanes) is 6. The lowest BCUT2D eigenvalue weighted by Gasteiger charge is -2.29. The summed E-state index contributed by atoms with van der Waals surface area (Å²) in [6, 6.07) is 22.4. The van der Waals surface area contributed by atoms with Crippen molar-refractivity contribution in [3.63, 3.8) is 0 Å². The minimum atomic E-state index is -1.82.